The van der Waals surface area contributed by atoms with Gasteiger partial charge in [0.1, 0.15) is 15.6 Å². The number of rotatable bonds is 4. The third-order valence-electron chi connectivity index (χ3n) is 3.92. The van der Waals surface area contributed by atoms with E-state index in [0.29, 0.717) is 18.0 Å². The van der Waals surface area contributed by atoms with E-state index in [9.17, 15) is 4.79 Å². The van der Waals surface area contributed by atoms with Gasteiger partial charge in [0.05, 0.1) is 12.3 Å². The zero-order valence-corrected chi connectivity index (χ0v) is 14.2. The lowest BCUT2D eigenvalue weighted by Gasteiger charge is -2.14. The number of carbonyl (C=O) groups excluding carboxylic acids is 1. The number of aryl methyl sites for hydroxylation is 1. The van der Waals surface area contributed by atoms with Gasteiger partial charge in [-0.05, 0) is 44.5 Å². The molecule has 2 aromatic rings. The summed E-state index contributed by atoms with van der Waals surface area (Å²) in [7, 11) is 0. The molecule has 0 spiro atoms. The van der Waals surface area contributed by atoms with Crippen molar-refractivity contribution in [2.75, 3.05) is 19.7 Å². The summed E-state index contributed by atoms with van der Waals surface area (Å²) in [5.41, 5.74) is 7.68. The molecule has 23 heavy (non-hydrogen) atoms. The zero-order chi connectivity index (χ0) is 16.4. The van der Waals surface area contributed by atoms with Crippen LogP contribution in [0.3, 0.4) is 0 Å². The number of amides is 1. The third kappa shape index (κ3) is 3.38. The van der Waals surface area contributed by atoms with Gasteiger partial charge in [0, 0.05) is 24.7 Å². The summed E-state index contributed by atoms with van der Waals surface area (Å²) in [4.78, 5) is 19.7. The van der Waals surface area contributed by atoms with Crippen molar-refractivity contribution < 1.29 is 9.53 Å². The predicted molar refractivity (Wildman–Crippen MR) is 92.0 cm³/mol. The summed E-state index contributed by atoms with van der Waals surface area (Å²) in [5.74, 6) is 0.886. The van der Waals surface area contributed by atoms with Gasteiger partial charge in [-0.1, -0.05) is 0 Å². The molecule has 1 aromatic carbocycles. The van der Waals surface area contributed by atoms with Gasteiger partial charge in [-0.3, -0.25) is 4.79 Å². The molecule has 0 radical (unpaired) electrons. The van der Waals surface area contributed by atoms with E-state index in [0.717, 1.165) is 35.0 Å². The van der Waals surface area contributed by atoms with Crippen LogP contribution in [-0.4, -0.2) is 41.5 Å². The molecule has 0 aliphatic carbocycles. The lowest BCUT2D eigenvalue weighted by molar-refractivity contribution is 0.0794. The highest BCUT2D eigenvalue weighted by molar-refractivity contribution is 7.17. The Morgan fingerprint density at radius 1 is 1.43 bits per heavy atom. The minimum Gasteiger partial charge on any atom is -0.494 e. The van der Waals surface area contributed by atoms with Crippen molar-refractivity contribution in [2.24, 2.45) is 5.73 Å². The van der Waals surface area contributed by atoms with Gasteiger partial charge in [-0.25, -0.2) is 4.98 Å². The summed E-state index contributed by atoms with van der Waals surface area (Å²) in [6.07, 6.45) is 0.870. The normalized spacial score (nSPS) is 17.5. The minimum absolute atomic E-state index is 0.0464. The number of thiazole rings is 1. The Morgan fingerprint density at radius 3 is 2.78 bits per heavy atom. The van der Waals surface area contributed by atoms with Gasteiger partial charge in [0.2, 0.25) is 0 Å². The maximum absolute atomic E-state index is 12.6. The van der Waals surface area contributed by atoms with Gasteiger partial charge in [0.15, 0.2) is 0 Å². The number of ether oxygens (including phenoxy) is 1. The first-order chi connectivity index (χ1) is 11.1. The van der Waals surface area contributed by atoms with Crippen molar-refractivity contribution in [1.82, 2.24) is 9.88 Å². The Morgan fingerprint density at radius 2 is 2.17 bits per heavy atom. The number of likely N-dealkylation sites (tertiary alicyclic amines) is 1. The Hall–Kier alpha value is -1.92. The van der Waals surface area contributed by atoms with Crippen LogP contribution in [-0.2, 0) is 0 Å². The smallest absolute Gasteiger partial charge is 0.265 e. The molecule has 5 nitrogen and oxygen atoms in total. The monoisotopic (exact) mass is 331 g/mol. The Kier molecular flexibility index (Phi) is 4.63. The summed E-state index contributed by atoms with van der Waals surface area (Å²) in [6, 6.07) is 7.90. The third-order valence-corrected chi connectivity index (χ3v) is 5.11. The number of hydrogen-bond donors (Lipinski definition) is 1. The molecule has 1 aromatic heterocycles. The van der Waals surface area contributed by atoms with Crippen LogP contribution < -0.4 is 10.5 Å². The highest BCUT2D eigenvalue weighted by Crippen LogP contribution is 2.30. The number of aromatic nitrogens is 1. The summed E-state index contributed by atoms with van der Waals surface area (Å²) in [5, 5.41) is 0.859. The van der Waals surface area contributed by atoms with E-state index < -0.39 is 0 Å². The number of nitrogens with two attached hydrogens (primary N) is 1. The quantitative estimate of drug-likeness (QED) is 0.935. The average Bonchev–Trinajstić information content (AvgIpc) is 3.14. The van der Waals surface area contributed by atoms with Crippen molar-refractivity contribution >= 4 is 17.2 Å². The Labute approximate surface area is 140 Å². The van der Waals surface area contributed by atoms with Gasteiger partial charge >= 0.3 is 0 Å². The van der Waals surface area contributed by atoms with E-state index in [-0.39, 0.29) is 11.9 Å². The first-order valence-electron chi connectivity index (χ1n) is 7.84. The topological polar surface area (TPSA) is 68.5 Å². The molecule has 2 heterocycles. The van der Waals surface area contributed by atoms with Crippen molar-refractivity contribution in [1.29, 1.82) is 0 Å². The molecule has 2 N–H and O–H groups in total. The standard InChI is InChI=1S/C17H21N3O2S/c1-3-22-14-6-4-12(5-7-14)16-19-11(2)15(23-16)17(21)20-9-8-13(18)10-20/h4-7,13H,3,8-10,18H2,1-2H3. The number of hydrogen-bond acceptors (Lipinski definition) is 5. The fourth-order valence-electron chi connectivity index (χ4n) is 2.69. The highest BCUT2D eigenvalue weighted by Gasteiger charge is 2.27. The number of nitrogens with zero attached hydrogens (tertiary/aromatic N) is 2. The molecule has 1 saturated heterocycles. The van der Waals surface area contributed by atoms with E-state index in [4.69, 9.17) is 10.5 Å². The van der Waals surface area contributed by atoms with Crippen LogP contribution in [0.15, 0.2) is 24.3 Å². The van der Waals surface area contributed by atoms with Crippen molar-refractivity contribution in [3.63, 3.8) is 0 Å². The van der Waals surface area contributed by atoms with E-state index in [1.807, 2.05) is 43.0 Å². The lowest BCUT2D eigenvalue weighted by atomic mass is 10.2. The molecule has 0 bridgehead atoms. The SMILES string of the molecule is CCOc1ccc(-c2nc(C)c(C(=O)N3CCC(N)C3)s2)cc1. The van der Waals surface area contributed by atoms with Gasteiger partial charge in [-0.2, -0.15) is 0 Å². The first kappa shape index (κ1) is 16.0. The van der Waals surface area contributed by atoms with Gasteiger partial charge in [-0.15, -0.1) is 11.3 Å². The summed E-state index contributed by atoms with van der Waals surface area (Å²) >= 11 is 1.44. The second-order valence-corrected chi connectivity index (χ2v) is 6.69. The van der Waals surface area contributed by atoms with Crippen LogP contribution in [0.2, 0.25) is 0 Å². The first-order valence-corrected chi connectivity index (χ1v) is 8.65. The molecule has 1 unspecified atom stereocenters. The molecule has 3 rings (SSSR count). The minimum atomic E-state index is 0.0464. The second-order valence-electron chi connectivity index (χ2n) is 5.69. The summed E-state index contributed by atoms with van der Waals surface area (Å²) < 4.78 is 5.45. The fourth-order valence-corrected chi connectivity index (χ4v) is 3.73. The van der Waals surface area contributed by atoms with E-state index in [1.165, 1.54) is 11.3 Å². The van der Waals surface area contributed by atoms with Gasteiger partial charge in [0.25, 0.3) is 5.91 Å². The Balaban J connectivity index is 1.81. The molecule has 1 atom stereocenters. The van der Waals surface area contributed by atoms with Crippen LogP contribution in [0.4, 0.5) is 0 Å². The molecule has 1 amide bonds. The lowest BCUT2D eigenvalue weighted by Crippen LogP contribution is -2.31. The molecule has 6 heteroatoms. The van der Waals surface area contributed by atoms with E-state index in [1.54, 1.807) is 0 Å². The fraction of sp³-hybridized carbons (Fsp3) is 0.412. The predicted octanol–water partition coefficient (Wildman–Crippen LogP) is 2.69. The summed E-state index contributed by atoms with van der Waals surface area (Å²) in [6.45, 7) is 5.86. The molecule has 122 valence electrons. The Bertz CT molecular complexity index is 696. The highest BCUT2D eigenvalue weighted by atomic mass is 32.1. The van der Waals surface area contributed by atoms with Crippen LogP contribution in [0.25, 0.3) is 10.6 Å². The molecule has 1 aliphatic rings. The van der Waals surface area contributed by atoms with Crippen molar-refractivity contribution in [3.05, 3.63) is 34.8 Å². The van der Waals surface area contributed by atoms with Crippen LogP contribution in [0, 0.1) is 6.92 Å². The second kappa shape index (κ2) is 6.68. The van der Waals surface area contributed by atoms with Crippen LogP contribution >= 0.6 is 11.3 Å². The van der Waals surface area contributed by atoms with Crippen LogP contribution in [0.1, 0.15) is 28.7 Å². The molecule has 0 saturated carbocycles. The van der Waals surface area contributed by atoms with Crippen molar-refractivity contribution in [3.8, 4) is 16.3 Å². The average molecular weight is 331 g/mol. The number of carbonyl (C=O) groups is 1. The maximum Gasteiger partial charge on any atom is 0.265 e. The molecule has 1 aliphatic heterocycles. The van der Waals surface area contributed by atoms with E-state index in [2.05, 4.69) is 4.98 Å². The number of benzene rings is 1. The molecular weight excluding hydrogens is 310 g/mol. The van der Waals surface area contributed by atoms with Gasteiger partial charge < -0.3 is 15.4 Å². The van der Waals surface area contributed by atoms with E-state index >= 15 is 0 Å². The maximum atomic E-state index is 12.6. The van der Waals surface area contributed by atoms with Crippen LogP contribution in [0.5, 0.6) is 5.75 Å². The zero-order valence-electron chi connectivity index (χ0n) is 13.4. The molecule has 1 fully saturated rings. The largest absolute Gasteiger partial charge is 0.494 e. The molecular formula is C17H21N3O2S. The van der Waals surface area contributed by atoms with Crippen molar-refractivity contribution in [2.45, 2.75) is 26.3 Å².